The second-order valence-electron chi connectivity index (χ2n) is 7.70. The van der Waals surface area contributed by atoms with Crippen LogP contribution in [-0.4, -0.2) is 55.8 Å². The molecule has 8 nitrogen and oxygen atoms in total. The number of aromatic nitrogens is 5. The number of rotatable bonds is 15. The van der Waals surface area contributed by atoms with Crippen LogP contribution >= 0.6 is 34.4 Å². The van der Waals surface area contributed by atoms with Crippen molar-refractivity contribution in [2.45, 2.75) is 46.0 Å². The van der Waals surface area contributed by atoms with Gasteiger partial charge in [-0.3, -0.25) is 9.78 Å². The molecule has 3 aromatic rings. The fraction of sp³-hybridized carbons (Fsp3) is 0.375. The number of hydrogen-bond acceptors (Lipinski definition) is 10. The van der Waals surface area contributed by atoms with Gasteiger partial charge in [0.2, 0.25) is 11.0 Å². The Balaban J connectivity index is 1.32. The normalized spacial score (nSPS) is 11.7. The van der Waals surface area contributed by atoms with Crippen LogP contribution in [0.5, 0.6) is 0 Å². The maximum Gasteiger partial charge on any atom is 0.283 e. The van der Waals surface area contributed by atoms with E-state index in [0.717, 1.165) is 51.9 Å². The van der Waals surface area contributed by atoms with Crippen molar-refractivity contribution in [1.82, 2.24) is 25.4 Å². The molecule has 0 aliphatic rings. The van der Waals surface area contributed by atoms with Gasteiger partial charge in [0.25, 0.3) is 7.28 Å². The fourth-order valence-electron chi connectivity index (χ4n) is 3.17. The number of anilines is 1. The van der Waals surface area contributed by atoms with E-state index < -0.39 is 0 Å². The zero-order valence-electron chi connectivity index (χ0n) is 20.3. The molecule has 3 rings (SSSR count). The highest BCUT2D eigenvalue weighted by Crippen LogP contribution is 2.19. The van der Waals surface area contributed by atoms with Crippen molar-refractivity contribution in [1.29, 1.82) is 0 Å². The second kappa shape index (κ2) is 15.4. The summed E-state index contributed by atoms with van der Waals surface area (Å²) in [5, 5.41) is 21.8. The SMILES string of the molecule is C/C=C\C(=C/CC)CC(=O)Nc1nnc(CCSCCc2nnc([B]C(=O)Cc3ccncc3)s2)s1. The van der Waals surface area contributed by atoms with Crippen molar-refractivity contribution < 1.29 is 9.59 Å². The summed E-state index contributed by atoms with van der Waals surface area (Å²) in [5.41, 5.74) is 1.93. The number of nitrogens with one attached hydrogen (secondary N) is 1. The predicted octanol–water partition coefficient (Wildman–Crippen LogP) is 3.64. The molecule has 1 N–H and O–H groups in total. The van der Waals surface area contributed by atoms with E-state index in [4.69, 9.17) is 0 Å². The Morgan fingerprint density at radius 3 is 2.50 bits per heavy atom. The molecule has 3 heterocycles. The summed E-state index contributed by atoms with van der Waals surface area (Å²) in [4.78, 5) is 29.1. The lowest BCUT2D eigenvalue weighted by Gasteiger charge is -2.02. The number of thioether (sulfide) groups is 1. The molecule has 1 radical (unpaired) electrons. The average Bonchev–Trinajstić information content (AvgIpc) is 3.49. The highest BCUT2D eigenvalue weighted by atomic mass is 32.2. The minimum absolute atomic E-state index is 0.00144. The minimum atomic E-state index is -0.0855. The molecular weight excluding hydrogens is 511 g/mol. The van der Waals surface area contributed by atoms with Crippen molar-refractivity contribution in [2.24, 2.45) is 0 Å². The Kier molecular flexibility index (Phi) is 11.9. The lowest BCUT2D eigenvalue weighted by Crippen LogP contribution is -2.24. The Labute approximate surface area is 224 Å². The van der Waals surface area contributed by atoms with Crippen molar-refractivity contribution in [3.8, 4) is 0 Å². The van der Waals surface area contributed by atoms with E-state index in [0.29, 0.717) is 22.9 Å². The predicted molar refractivity (Wildman–Crippen MR) is 149 cm³/mol. The third-order valence-corrected chi connectivity index (χ3v) is 7.55. The highest BCUT2D eigenvalue weighted by molar-refractivity contribution is 7.99. The van der Waals surface area contributed by atoms with Crippen molar-refractivity contribution >= 4 is 63.3 Å². The first kappa shape index (κ1) is 27.9. The summed E-state index contributed by atoms with van der Waals surface area (Å²) < 4.78 is 0. The van der Waals surface area contributed by atoms with E-state index in [9.17, 15) is 9.59 Å². The molecule has 3 aromatic heterocycles. The summed E-state index contributed by atoms with van der Waals surface area (Å²) >= 11 is 4.67. The minimum Gasteiger partial charge on any atom is -0.311 e. The highest BCUT2D eigenvalue weighted by Gasteiger charge is 2.13. The Morgan fingerprint density at radius 1 is 1.06 bits per heavy atom. The third kappa shape index (κ3) is 10.1. The van der Waals surface area contributed by atoms with E-state index in [1.54, 1.807) is 31.4 Å². The van der Waals surface area contributed by atoms with E-state index in [-0.39, 0.29) is 11.6 Å². The molecule has 0 spiro atoms. The van der Waals surface area contributed by atoms with Crippen LogP contribution in [-0.2, 0) is 28.9 Å². The van der Waals surface area contributed by atoms with Gasteiger partial charge in [0.1, 0.15) is 10.0 Å². The summed E-state index contributed by atoms with van der Waals surface area (Å²) in [7, 11) is 1.56. The van der Waals surface area contributed by atoms with Crippen LogP contribution in [0, 0.1) is 0 Å². The molecule has 187 valence electrons. The van der Waals surface area contributed by atoms with Gasteiger partial charge in [-0.1, -0.05) is 36.5 Å². The topological polar surface area (TPSA) is 111 Å². The molecule has 12 heteroatoms. The van der Waals surface area contributed by atoms with E-state index in [1.807, 2.05) is 37.3 Å². The molecule has 0 aliphatic carbocycles. The van der Waals surface area contributed by atoms with E-state index >= 15 is 0 Å². The monoisotopic (exact) mass is 539 g/mol. The van der Waals surface area contributed by atoms with Gasteiger partial charge in [0.05, 0.1) is 17.0 Å². The second-order valence-corrected chi connectivity index (χ2v) is 11.1. The van der Waals surface area contributed by atoms with Gasteiger partial charge in [-0.05, 0) is 48.1 Å². The van der Waals surface area contributed by atoms with Gasteiger partial charge < -0.3 is 10.1 Å². The molecule has 36 heavy (non-hydrogen) atoms. The molecular formula is C24H28BN6O2S3. The molecule has 0 atom stereocenters. The van der Waals surface area contributed by atoms with Crippen LogP contribution in [0.4, 0.5) is 5.13 Å². The number of nitrogens with zero attached hydrogens (tertiary/aromatic N) is 5. The molecule has 0 fully saturated rings. The summed E-state index contributed by atoms with van der Waals surface area (Å²) in [5.74, 6) is 1.71. The Morgan fingerprint density at radius 2 is 1.78 bits per heavy atom. The average molecular weight is 540 g/mol. The molecule has 1 amide bonds. The third-order valence-electron chi connectivity index (χ3n) is 4.74. The first-order chi connectivity index (χ1) is 17.6. The molecule has 0 aliphatic heterocycles. The Hall–Kier alpha value is -2.70. The fourth-order valence-corrected chi connectivity index (χ4v) is 5.86. The number of aryl methyl sites for hydroxylation is 2. The molecule has 0 unspecified atom stereocenters. The smallest absolute Gasteiger partial charge is 0.283 e. The zero-order valence-corrected chi connectivity index (χ0v) is 22.8. The van der Waals surface area contributed by atoms with Crippen LogP contribution in [0.2, 0.25) is 0 Å². The lowest BCUT2D eigenvalue weighted by atomic mass is 9.72. The van der Waals surface area contributed by atoms with Gasteiger partial charge in [-0.15, -0.1) is 26.6 Å². The van der Waals surface area contributed by atoms with E-state index in [1.165, 1.54) is 22.7 Å². The largest absolute Gasteiger partial charge is 0.311 e. The van der Waals surface area contributed by atoms with Gasteiger partial charge in [-0.25, -0.2) is 0 Å². The van der Waals surface area contributed by atoms with Crippen molar-refractivity contribution in [2.75, 3.05) is 16.8 Å². The van der Waals surface area contributed by atoms with Gasteiger partial charge in [-0.2, -0.15) is 16.9 Å². The van der Waals surface area contributed by atoms with E-state index in [2.05, 4.69) is 37.6 Å². The van der Waals surface area contributed by atoms with Crippen LogP contribution in [0.25, 0.3) is 0 Å². The molecule has 0 saturated carbocycles. The van der Waals surface area contributed by atoms with Crippen molar-refractivity contribution in [3.05, 3.63) is 63.9 Å². The number of hydrogen-bond donors (Lipinski definition) is 1. The first-order valence-corrected chi connectivity index (χ1v) is 14.4. The lowest BCUT2D eigenvalue weighted by molar-refractivity contribution is -0.115. The molecule has 0 saturated heterocycles. The molecule has 0 bridgehead atoms. The summed E-state index contributed by atoms with van der Waals surface area (Å²) in [6.07, 6.45) is 12.4. The summed E-state index contributed by atoms with van der Waals surface area (Å²) in [6.45, 7) is 3.99. The van der Waals surface area contributed by atoms with Crippen LogP contribution in [0.3, 0.4) is 0 Å². The van der Waals surface area contributed by atoms with Crippen LogP contribution in [0.1, 0.15) is 42.3 Å². The number of allylic oxidation sites excluding steroid dienone is 3. The van der Waals surface area contributed by atoms with Gasteiger partial charge in [0, 0.05) is 31.7 Å². The number of pyridine rings is 1. The quantitative estimate of drug-likeness (QED) is 0.177. The van der Waals surface area contributed by atoms with Gasteiger partial charge in [0.15, 0.2) is 0 Å². The van der Waals surface area contributed by atoms with Crippen LogP contribution < -0.4 is 10.2 Å². The maximum absolute atomic E-state index is 12.3. The van der Waals surface area contributed by atoms with Gasteiger partial charge >= 0.3 is 0 Å². The summed E-state index contributed by atoms with van der Waals surface area (Å²) in [6, 6.07) is 3.67. The first-order valence-electron chi connectivity index (χ1n) is 11.7. The maximum atomic E-state index is 12.3. The van der Waals surface area contributed by atoms with Crippen LogP contribution in [0.15, 0.2) is 48.3 Å². The number of carbonyl (C=O) groups is 2. The standard InChI is InChI=1S/C24H28BN6O2S3/c1-3-5-17(6-4-2)16-20(33)27-24-31-29-22(36-24)10-14-34-13-9-21-28-30-23(35-21)25-19(32)15-18-7-11-26-12-8-18/h3,5-8,11-12H,4,9-10,13-16H2,1-2H3,(H,27,31,33)/b5-3-,17-6+. The number of carbonyl (C=O) groups excluding carboxylic acids is 2. The Bertz CT molecular complexity index is 1180. The zero-order chi connectivity index (χ0) is 25.6. The van der Waals surface area contributed by atoms with Crippen molar-refractivity contribution in [3.63, 3.8) is 0 Å². The number of amides is 1. The molecule has 0 aromatic carbocycles.